The molecule has 1 aromatic heterocycles. The number of carbonyl (C=O) groups excluding carboxylic acids is 1. The van der Waals surface area contributed by atoms with Crippen molar-refractivity contribution in [3.8, 4) is 23.0 Å². The number of anilines is 1. The SMILES string of the molecule is COc1ccc(C(=O)Nc2ccc3oc(-c4cccc5c(Br)cccc45)nc3c2)c(OC)c1. The van der Waals surface area contributed by atoms with Crippen molar-refractivity contribution in [3.63, 3.8) is 0 Å². The van der Waals surface area contributed by atoms with Crippen molar-refractivity contribution in [2.75, 3.05) is 19.5 Å². The molecule has 33 heavy (non-hydrogen) atoms. The topological polar surface area (TPSA) is 73.6 Å². The van der Waals surface area contributed by atoms with Gasteiger partial charge in [0.2, 0.25) is 5.89 Å². The van der Waals surface area contributed by atoms with Crippen molar-refractivity contribution in [2.24, 2.45) is 0 Å². The molecule has 7 heteroatoms. The third-order valence-electron chi connectivity index (χ3n) is 5.40. The Morgan fingerprint density at radius 1 is 0.939 bits per heavy atom. The predicted octanol–water partition coefficient (Wildman–Crippen LogP) is 6.68. The van der Waals surface area contributed by atoms with Crippen LogP contribution in [-0.4, -0.2) is 25.1 Å². The number of carbonyl (C=O) groups is 1. The van der Waals surface area contributed by atoms with Crippen LogP contribution < -0.4 is 14.8 Å². The molecule has 1 heterocycles. The van der Waals surface area contributed by atoms with Crippen molar-refractivity contribution in [3.05, 3.63) is 82.8 Å². The highest BCUT2D eigenvalue weighted by Crippen LogP contribution is 2.34. The van der Waals surface area contributed by atoms with Gasteiger partial charge in [-0.1, -0.05) is 40.2 Å². The number of benzene rings is 4. The zero-order chi connectivity index (χ0) is 22.9. The Labute approximate surface area is 198 Å². The van der Waals surface area contributed by atoms with E-state index in [1.54, 1.807) is 43.5 Å². The van der Waals surface area contributed by atoms with Gasteiger partial charge >= 0.3 is 0 Å². The number of rotatable bonds is 5. The van der Waals surface area contributed by atoms with Crippen molar-refractivity contribution in [1.82, 2.24) is 4.98 Å². The molecule has 0 spiro atoms. The van der Waals surface area contributed by atoms with Crippen LogP contribution in [0.3, 0.4) is 0 Å². The van der Waals surface area contributed by atoms with Crippen LogP contribution in [-0.2, 0) is 0 Å². The van der Waals surface area contributed by atoms with Crippen molar-refractivity contribution >= 4 is 49.4 Å². The van der Waals surface area contributed by atoms with E-state index < -0.39 is 0 Å². The van der Waals surface area contributed by atoms with Gasteiger partial charge < -0.3 is 19.2 Å². The van der Waals surface area contributed by atoms with Gasteiger partial charge in [-0.2, -0.15) is 0 Å². The molecule has 4 aromatic carbocycles. The lowest BCUT2D eigenvalue weighted by Gasteiger charge is -2.10. The third kappa shape index (κ3) is 3.91. The molecule has 0 atom stereocenters. The first-order chi connectivity index (χ1) is 16.1. The van der Waals surface area contributed by atoms with Crippen LogP contribution in [0.1, 0.15) is 10.4 Å². The van der Waals surface area contributed by atoms with E-state index in [1.165, 1.54) is 7.11 Å². The van der Waals surface area contributed by atoms with Crippen molar-refractivity contribution < 1.29 is 18.7 Å². The summed E-state index contributed by atoms with van der Waals surface area (Å²) < 4.78 is 17.6. The van der Waals surface area contributed by atoms with Crippen LogP contribution in [0.4, 0.5) is 5.69 Å². The number of hydrogen-bond acceptors (Lipinski definition) is 5. The van der Waals surface area contributed by atoms with E-state index in [-0.39, 0.29) is 5.91 Å². The number of nitrogens with one attached hydrogen (secondary N) is 1. The van der Waals surface area contributed by atoms with Crippen molar-refractivity contribution in [2.45, 2.75) is 0 Å². The average molecular weight is 503 g/mol. The standard InChI is InChI=1S/C26H19BrN2O4/c1-31-16-10-11-20(24(14-16)32-2)25(30)28-15-9-12-23-22(13-15)29-26(33-23)19-7-3-6-18-17(19)5-4-8-21(18)27/h3-14H,1-2H3,(H,28,30). The Kier molecular flexibility index (Phi) is 5.48. The Bertz CT molecular complexity index is 1510. The maximum atomic E-state index is 12.9. The number of methoxy groups -OCH3 is 2. The highest BCUT2D eigenvalue weighted by atomic mass is 79.9. The molecule has 0 aliphatic rings. The van der Waals surface area contributed by atoms with E-state index in [2.05, 4.69) is 26.2 Å². The lowest BCUT2D eigenvalue weighted by atomic mass is 10.0. The zero-order valence-corrected chi connectivity index (χ0v) is 19.5. The molecule has 5 aromatic rings. The van der Waals surface area contributed by atoms with Gasteiger partial charge in [0.1, 0.15) is 17.0 Å². The van der Waals surface area contributed by atoms with E-state index in [9.17, 15) is 4.79 Å². The van der Waals surface area contributed by atoms with Gasteiger partial charge in [-0.15, -0.1) is 0 Å². The van der Waals surface area contributed by atoms with Gasteiger partial charge in [-0.05, 0) is 53.2 Å². The first-order valence-corrected chi connectivity index (χ1v) is 11.0. The Hall–Kier alpha value is -3.84. The maximum absolute atomic E-state index is 12.9. The number of hydrogen-bond donors (Lipinski definition) is 1. The van der Waals surface area contributed by atoms with Crippen LogP contribution in [0, 0.1) is 0 Å². The van der Waals surface area contributed by atoms with Crippen LogP contribution in [0.2, 0.25) is 0 Å². The van der Waals surface area contributed by atoms with E-state index in [0.29, 0.717) is 39.7 Å². The maximum Gasteiger partial charge on any atom is 0.259 e. The molecular weight excluding hydrogens is 484 g/mol. The number of nitrogens with zero attached hydrogens (tertiary/aromatic N) is 1. The third-order valence-corrected chi connectivity index (χ3v) is 6.09. The van der Waals surface area contributed by atoms with Crippen LogP contribution >= 0.6 is 15.9 Å². The second-order valence-corrected chi connectivity index (χ2v) is 8.22. The number of halogens is 1. The lowest BCUT2D eigenvalue weighted by molar-refractivity contribution is 0.102. The summed E-state index contributed by atoms with van der Waals surface area (Å²) in [5.74, 6) is 1.27. The summed E-state index contributed by atoms with van der Waals surface area (Å²) in [6, 6.07) is 22.5. The molecule has 0 saturated heterocycles. The van der Waals surface area contributed by atoms with Gasteiger partial charge in [0, 0.05) is 21.8 Å². The smallest absolute Gasteiger partial charge is 0.259 e. The van der Waals surface area contributed by atoms with E-state index >= 15 is 0 Å². The Morgan fingerprint density at radius 3 is 2.58 bits per heavy atom. The first-order valence-electron chi connectivity index (χ1n) is 10.2. The van der Waals surface area contributed by atoms with Crippen LogP contribution in [0.15, 0.2) is 81.7 Å². The monoisotopic (exact) mass is 502 g/mol. The average Bonchev–Trinajstić information content (AvgIpc) is 3.26. The summed E-state index contributed by atoms with van der Waals surface area (Å²) in [4.78, 5) is 17.5. The molecule has 164 valence electrons. The molecule has 0 radical (unpaired) electrons. The summed E-state index contributed by atoms with van der Waals surface area (Å²) in [6.07, 6.45) is 0. The molecule has 0 unspecified atom stereocenters. The summed E-state index contributed by atoms with van der Waals surface area (Å²) in [5.41, 5.74) is 3.19. The summed E-state index contributed by atoms with van der Waals surface area (Å²) in [7, 11) is 3.08. The van der Waals surface area contributed by atoms with E-state index in [1.807, 2.05) is 36.4 Å². The molecular formula is C26H19BrN2O4. The molecule has 0 saturated carbocycles. The Balaban J connectivity index is 1.47. The molecule has 0 aliphatic heterocycles. The van der Waals surface area contributed by atoms with Gasteiger partial charge in [0.25, 0.3) is 5.91 Å². The quantitative estimate of drug-likeness (QED) is 0.290. The lowest BCUT2D eigenvalue weighted by Crippen LogP contribution is -2.13. The molecule has 0 aliphatic carbocycles. The minimum atomic E-state index is -0.295. The molecule has 0 fully saturated rings. The van der Waals surface area contributed by atoms with Gasteiger partial charge in [0.15, 0.2) is 5.58 Å². The van der Waals surface area contributed by atoms with Crippen molar-refractivity contribution in [1.29, 1.82) is 0 Å². The van der Waals surface area contributed by atoms with Gasteiger partial charge in [0.05, 0.1) is 19.8 Å². The molecule has 0 bridgehead atoms. The number of fused-ring (bicyclic) bond motifs is 2. The minimum absolute atomic E-state index is 0.295. The van der Waals surface area contributed by atoms with Gasteiger partial charge in [-0.25, -0.2) is 4.98 Å². The van der Waals surface area contributed by atoms with E-state index in [4.69, 9.17) is 13.9 Å². The fourth-order valence-corrected chi connectivity index (χ4v) is 4.26. The van der Waals surface area contributed by atoms with Crippen LogP contribution in [0.5, 0.6) is 11.5 Å². The largest absolute Gasteiger partial charge is 0.497 e. The van der Waals surface area contributed by atoms with Gasteiger partial charge in [-0.3, -0.25) is 4.79 Å². The summed E-state index contributed by atoms with van der Waals surface area (Å²) >= 11 is 3.60. The predicted molar refractivity (Wildman–Crippen MR) is 132 cm³/mol. The normalized spacial score (nSPS) is 11.0. The Morgan fingerprint density at radius 2 is 1.76 bits per heavy atom. The fourth-order valence-electron chi connectivity index (χ4n) is 3.76. The molecule has 5 rings (SSSR count). The minimum Gasteiger partial charge on any atom is -0.497 e. The van der Waals surface area contributed by atoms with Crippen LogP contribution in [0.25, 0.3) is 33.3 Å². The second-order valence-electron chi connectivity index (χ2n) is 7.36. The molecule has 6 nitrogen and oxygen atoms in total. The number of ether oxygens (including phenoxy) is 2. The fraction of sp³-hybridized carbons (Fsp3) is 0.0769. The van der Waals surface area contributed by atoms with E-state index in [0.717, 1.165) is 20.8 Å². The highest BCUT2D eigenvalue weighted by Gasteiger charge is 2.16. The number of aromatic nitrogens is 1. The first kappa shape index (κ1) is 21.0. The second kappa shape index (κ2) is 8.60. The molecule has 1 N–H and O–H groups in total. The zero-order valence-electron chi connectivity index (χ0n) is 17.9. The number of oxazole rings is 1. The number of amides is 1. The summed E-state index contributed by atoms with van der Waals surface area (Å²) in [5, 5.41) is 5.02. The summed E-state index contributed by atoms with van der Waals surface area (Å²) in [6.45, 7) is 0. The highest BCUT2D eigenvalue weighted by molar-refractivity contribution is 9.10. The molecule has 1 amide bonds.